The van der Waals surface area contributed by atoms with Gasteiger partial charge < -0.3 is 20.1 Å². The fourth-order valence-corrected chi connectivity index (χ4v) is 1.92. The predicted molar refractivity (Wildman–Crippen MR) is 77.8 cm³/mol. The average molecular weight is 286 g/mol. The monoisotopic (exact) mass is 286 g/mol. The van der Waals surface area contributed by atoms with Crippen molar-refractivity contribution in [3.63, 3.8) is 0 Å². The summed E-state index contributed by atoms with van der Waals surface area (Å²) in [4.78, 5) is 12.5. The lowest BCUT2D eigenvalue weighted by Gasteiger charge is -2.12. The van der Waals surface area contributed by atoms with Crippen LogP contribution in [0.5, 0.6) is 23.0 Å². The van der Waals surface area contributed by atoms with Crippen LogP contribution in [0.4, 0.5) is 0 Å². The number of aromatic hydroxyl groups is 3. The number of benzene rings is 2. The summed E-state index contributed by atoms with van der Waals surface area (Å²) in [7, 11) is 1.33. The number of rotatable bonds is 4. The number of allylic oxidation sites excluding steroid dienone is 1. The second-order valence-electron chi connectivity index (χ2n) is 4.40. The molecule has 2 aromatic rings. The van der Waals surface area contributed by atoms with E-state index in [1.807, 2.05) is 0 Å². The lowest BCUT2D eigenvalue weighted by atomic mass is 9.96. The van der Waals surface area contributed by atoms with Gasteiger partial charge in [0.15, 0.2) is 0 Å². The highest BCUT2D eigenvalue weighted by molar-refractivity contribution is 6.30. The Labute approximate surface area is 121 Å². The molecule has 0 aliphatic carbocycles. The van der Waals surface area contributed by atoms with E-state index < -0.39 is 11.5 Å². The van der Waals surface area contributed by atoms with Gasteiger partial charge in [0.1, 0.15) is 28.6 Å². The van der Waals surface area contributed by atoms with Gasteiger partial charge in [-0.1, -0.05) is 18.7 Å². The van der Waals surface area contributed by atoms with Crippen molar-refractivity contribution >= 4 is 11.4 Å². The van der Waals surface area contributed by atoms with Crippen LogP contribution >= 0.6 is 0 Å². The van der Waals surface area contributed by atoms with Crippen LogP contribution in [-0.2, 0) is 0 Å². The second-order valence-corrected chi connectivity index (χ2v) is 4.40. The van der Waals surface area contributed by atoms with Crippen LogP contribution in [0.3, 0.4) is 0 Å². The van der Waals surface area contributed by atoms with Gasteiger partial charge in [0.2, 0.25) is 5.78 Å². The number of carbonyl (C=O) groups is 1. The first-order chi connectivity index (χ1) is 9.93. The predicted octanol–water partition coefficient (Wildman–Crippen LogP) is 2.71. The van der Waals surface area contributed by atoms with Crippen molar-refractivity contribution in [1.82, 2.24) is 0 Å². The van der Waals surface area contributed by atoms with Crippen molar-refractivity contribution < 1.29 is 24.9 Å². The standard InChI is InChI=1S/C16H14O5/c1-9(10-3-5-11(17)6-4-10)16(20)15-13(19)7-12(18)8-14(15)21-2/h3-8,17-19H,1H2,2H3. The van der Waals surface area contributed by atoms with Crippen LogP contribution in [0.25, 0.3) is 5.57 Å². The fraction of sp³-hybridized carbons (Fsp3) is 0.0625. The van der Waals surface area contributed by atoms with Crippen LogP contribution < -0.4 is 4.74 Å². The maximum atomic E-state index is 12.5. The Morgan fingerprint density at radius 3 is 2.24 bits per heavy atom. The molecule has 3 N–H and O–H groups in total. The Hall–Kier alpha value is -2.95. The summed E-state index contributed by atoms with van der Waals surface area (Å²) in [5.74, 6) is -1.01. The van der Waals surface area contributed by atoms with E-state index in [2.05, 4.69) is 6.58 Å². The lowest BCUT2D eigenvalue weighted by molar-refractivity contribution is 0.105. The summed E-state index contributed by atoms with van der Waals surface area (Å²) < 4.78 is 5.01. The SMILES string of the molecule is C=C(C(=O)c1c(O)cc(O)cc1OC)c1ccc(O)cc1. The van der Waals surface area contributed by atoms with Crippen LogP contribution in [0, 0.1) is 0 Å². The van der Waals surface area contributed by atoms with Gasteiger partial charge in [-0.2, -0.15) is 0 Å². The maximum Gasteiger partial charge on any atom is 0.200 e. The van der Waals surface area contributed by atoms with Gasteiger partial charge in [0, 0.05) is 17.7 Å². The number of methoxy groups -OCH3 is 1. The van der Waals surface area contributed by atoms with Crippen LogP contribution in [0.15, 0.2) is 43.0 Å². The summed E-state index contributed by atoms with van der Waals surface area (Å²) >= 11 is 0. The van der Waals surface area contributed by atoms with E-state index in [1.165, 1.54) is 25.3 Å². The van der Waals surface area contributed by atoms with Crippen LogP contribution in [-0.4, -0.2) is 28.2 Å². The smallest absolute Gasteiger partial charge is 0.200 e. The normalized spacial score (nSPS) is 10.1. The maximum absolute atomic E-state index is 12.5. The number of phenolic OH excluding ortho intramolecular Hbond substituents is 3. The molecule has 0 amide bonds. The highest BCUT2D eigenvalue weighted by Gasteiger charge is 2.22. The van der Waals surface area contributed by atoms with E-state index in [9.17, 15) is 20.1 Å². The molecule has 5 nitrogen and oxygen atoms in total. The number of hydrogen-bond acceptors (Lipinski definition) is 5. The number of Topliss-reactive ketones (excluding diaryl/α,β-unsaturated/α-hetero) is 1. The molecule has 0 aliphatic heterocycles. The lowest BCUT2D eigenvalue weighted by Crippen LogP contribution is -2.05. The third-order valence-corrected chi connectivity index (χ3v) is 3.00. The molecule has 0 radical (unpaired) electrons. The highest BCUT2D eigenvalue weighted by Crippen LogP contribution is 2.35. The molecule has 21 heavy (non-hydrogen) atoms. The minimum absolute atomic E-state index is 0.0532. The minimum atomic E-state index is -0.532. The van der Waals surface area contributed by atoms with E-state index in [-0.39, 0.29) is 28.4 Å². The molecule has 0 unspecified atom stereocenters. The van der Waals surface area contributed by atoms with Gasteiger partial charge in [-0.15, -0.1) is 0 Å². The van der Waals surface area contributed by atoms with E-state index >= 15 is 0 Å². The van der Waals surface area contributed by atoms with Gasteiger partial charge in [-0.05, 0) is 17.7 Å². The van der Waals surface area contributed by atoms with E-state index in [1.54, 1.807) is 12.1 Å². The molecule has 5 heteroatoms. The zero-order chi connectivity index (χ0) is 15.6. The zero-order valence-electron chi connectivity index (χ0n) is 11.3. The fourth-order valence-electron chi connectivity index (χ4n) is 1.92. The molecule has 0 aliphatic rings. The van der Waals surface area contributed by atoms with Crippen LogP contribution in [0.1, 0.15) is 15.9 Å². The highest BCUT2D eigenvalue weighted by atomic mass is 16.5. The first-order valence-corrected chi connectivity index (χ1v) is 6.07. The second kappa shape index (κ2) is 5.58. The molecule has 2 aromatic carbocycles. The van der Waals surface area contributed by atoms with Gasteiger partial charge in [-0.25, -0.2) is 0 Å². The number of ketones is 1. The molecular formula is C16H14O5. The summed E-state index contributed by atoms with van der Waals surface area (Å²) in [6, 6.07) is 8.24. The molecule has 0 spiro atoms. The molecule has 0 saturated carbocycles. The third kappa shape index (κ3) is 2.81. The molecule has 0 heterocycles. The quantitative estimate of drug-likeness (QED) is 0.594. The Bertz CT molecular complexity index is 701. The summed E-state index contributed by atoms with van der Waals surface area (Å²) in [5.41, 5.74) is 0.565. The Balaban J connectivity index is 2.45. The first kappa shape index (κ1) is 14.5. The average Bonchev–Trinajstić information content (AvgIpc) is 2.45. The van der Waals surface area contributed by atoms with Gasteiger partial charge in [-0.3, -0.25) is 4.79 Å². The first-order valence-electron chi connectivity index (χ1n) is 6.07. The molecule has 2 rings (SSSR count). The number of hydrogen-bond donors (Lipinski definition) is 3. The van der Waals surface area contributed by atoms with Crippen molar-refractivity contribution in [2.24, 2.45) is 0 Å². The van der Waals surface area contributed by atoms with Crippen LogP contribution in [0.2, 0.25) is 0 Å². The topological polar surface area (TPSA) is 87.0 Å². The number of ether oxygens (including phenoxy) is 1. The van der Waals surface area contributed by atoms with Gasteiger partial charge >= 0.3 is 0 Å². The number of carbonyl (C=O) groups excluding carboxylic acids is 1. The molecular weight excluding hydrogens is 272 g/mol. The summed E-state index contributed by atoms with van der Waals surface area (Å²) in [5, 5.41) is 28.5. The van der Waals surface area contributed by atoms with Gasteiger partial charge in [0.05, 0.1) is 7.11 Å². The largest absolute Gasteiger partial charge is 0.508 e. The summed E-state index contributed by atoms with van der Waals surface area (Å²) in [6.45, 7) is 3.71. The number of phenols is 3. The van der Waals surface area contributed by atoms with E-state index in [4.69, 9.17) is 4.74 Å². The van der Waals surface area contributed by atoms with Crippen molar-refractivity contribution in [2.75, 3.05) is 7.11 Å². The molecule has 0 atom stereocenters. The molecule has 0 saturated heterocycles. The van der Waals surface area contributed by atoms with Crippen molar-refractivity contribution in [1.29, 1.82) is 0 Å². The van der Waals surface area contributed by atoms with Crippen molar-refractivity contribution in [3.05, 3.63) is 54.1 Å². The summed E-state index contributed by atoms with van der Waals surface area (Å²) in [6.07, 6.45) is 0. The van der Waals surface area contributed by atoms with Crippen molar-refractivity contribution in [2.45, 2.75) is 0 Å². The molecule has 108 valence electrons. The Morgan fingerprint density at radius 2 is 1.67 bits per heavy atom. The van der Waals surface area contributed by atoms with Crippen molar-refractivity contribution in [3.8, 4) is 23.0 Å². The zero-order valence-corrected chi connectivity index (χ0v) is 11.3. The Morgan fingerprint density at radius 1 is 1.05 bits per heavy atom. The Kier molecular flexibility index (Phi) is 3.84. The third-order valence-electron chi connectivity index (χ3n) is 3.00. The van der Waals surface area contributed by atoms with Gasteiger partial charge in [0.25, 0.3) is 0 Å². The van der Waals surface area contributed by atoms with E-state index in [0.29, 0.717) is 5.56 Å². The van der Waals surface area contributed by atoms with E-state index in [0.717, 1.165) is 6.07 Å². The minimum Gasteiger partial charge on any atom is -0.508 e. The molecule has 0 fully saturated rings. The molecule has 0 bridgehead atoms. The molecule has 0 aromatic heterocycles.